The Morgan fingerprint density at radius 2 is 1.84 bits per heavy atom. The first-order chi connectivity index (χ1) is 9.10. The molecular formula is C14H14N2O3. The Morgan fingerprint density at radius 1 is 1.16 bits per heavy atom. The molecule has 0 spiro atoms. The second-order valence-corrected chi connectivity index (χ2v) is 4.05. The third-order valence-corrected chi connectivity index (χ3v) is 2.70. The van der Waals surface area contributed by atoms with Crippen molar-refractivity contribution in [2.45, 2.75) is 0 Å². The van der Waals surface area contributed by atoms with E-state index in [0.717, 1.165) is 0 Å². The molecule has 5 heteroatoms. The molecule has 0 aliphatic rings. The number of aryl methyl sites for hydroxylation is 1. The lowest BCUT2D eigenvalue weighted by molar-refractivity contribution is 0.102. The summed E-state index contributed by atoms with van der Waals surface area (Å²) in [6.45, 7) is 0. The van der Waals surface area contributed by atoms with E-state index < -0.39 is 0 Å². The number of hydrogen-bond donors (Lipinski definition) is 1. The minimum absolute atomic E-state index is 0.123. The largest absolute Gasteiger partial charge is 0.497 e. The number of anilines is 1. The number of nitrogens with one attached hydrogen (secondary N) is 1. The Kier molecular flexibility index (Phi) is 3.66. The highest BCUT2D eigenvalue weighted by Crippen LogP contribution is 2.13. The quantitative estimate of drug-likeness (QED) is 0.910. The fourth-order valence-corrected chi connectivity index (χ4v) is 1.61. The van der Waals surface area contributed by atoms with Gasteiger partial charge >= 0.3 is 0 Å². The van der Waals surface area contributed by atoms with Gasteiger partial charge in [-0.15, -0.1) is 0 Å². The Labute approximate surface area is 110 Å². The van der Waals surface area contributed by atoms with Crippen molar-refractivity contribution in [1.82, 2.24) is 4.57 Å². The van der Waals surface area contributed by atoms with Crippen molar-refractivity contribution in [3.05, 3.63) is 58.5 Å². The van der Waals surface area contributed by atoms with E-state index in [1.807, 2.05) is 0 Å². The van der Waals surface area contributed by atoms with Crippen LogP contribution in [0.4, 0.5) is 5.69 Å². The van der Waals surface area contributed by atoms with Crippen molar-refractivity contribution in [2.24, 2.45) is 7.05 Å². The number of benzene rings is 1. The minimum atomic E-state index is -0.235. The highest BCUT2D eigenvalue weighted by atomic mass is 16.5. The number of pyridine rings is 1. The van der Waals surface area contributed by atoms with Gasteiger partial charge in [-0.2, -0.15) is 0 Å². The molecule has 0 radical (unpaired) electrons. The molecule has 0 atom stereocenters. The van der Waals surface area contributed by atoms with Crippen LogP contribution in [-0.2, 0) is 7.05 Å². The third kappa shape index (κ3) is 3.01. The molecule has 0 aliphatic heterocycles. The second-order valence-electron chi connectivity index (χ2n) is 4.05. The van der Waals surface area contributed by atoms with Gasteiger partial charge in [-0.25, -0.2) is 0 Å². The van der Waals surface area contributed by atoms with Gasteiger partial charge in [0.05, 0.1) is 12.8 Å². The normalized spacial score (nSPS) is 10.0. The molecule has 2 rings (SSSR count). The zero-order valence-corrected chi connectivity index (χ0v) is 10.7. The molecular weight excluding hydrogens is 244 g/mol. The van der Waals surface area contributed by atoms with Crippen LogP contribution in [-0.4, -0.2) is 17.6 Å². The summed E-state index contributed by atoms with van der Waals surface area (Å²) in [6.07, 6.45) is 1.57. The molecule has 0 fully saturated rings. The van der Waals surface area contributed by atoms with E-state index in [-0.39, 0.29) is 11.5 Å². The summed E-state index contributed by atoms with van der Waals surface area (Å²) in [7, 11) is 3.20. The molecule has 0 unspecified atom stereocenters. The van der Waals surface area contributed by atoms with Crippen molar-refractivity contribution in [2.75, 3.05) is 12.4 Å². The van der Waals surface area contributed by atoms with Crippen molar-refractivity contribution in [1.29, 1.82) is 0 Å². The van der Waals surface area contributed by atoms with Gasteiger partial charge in [0.25, 0.3) is 5.91 Å². The molecule has 1 heterocycles. The van der Waals surface area contributed by atoms with E-state index in [9.17, 15) is 9.59 Å². The van der Waals surface area contributed by atoms with Gasteiger partial charge in [-0.05, 0) is 30.3 Å². The number of methoxy groups -OCH3 is 1. The Morgan fingerprint density at radius 3 is 2.42 bits per heavy atom. The van der Waals surface area contributed by atoms with E-state index in [1.165, 1.54) is 10.6 Å². The zero-order valence-electron chi connectivity index (χ0n) is 10.7. The first kappa shape index (κ1) is 12.9. The van der Waals surface area contributed by atoms with Gasteiger partial charge in [-0.3, -0.25) is 9.59 Å². The molecule has 1 aromatic carbocycles. The number of aromatic nitrogens is 1. The maximum absolute atomic E-state index is 12.0. The molecule has 1 N–H and O–H groups in total. The van der Waals surface area contributed by atoms with Crippen LogP contribution in [0.1, 0.15) is 10.4 Å². The van der Waals surface area contributed by atoms with E-state index >= 15 is 0 Å². The van der Waals surface area contributed by atoms with Crippen LogP contribution in [0.25, 0.3) is 0 Å². The first-order valence-corrected chi connectivity index (χ1v) is 5.72. The van der Waals surface area contributed by atoms with Gasteiger partial charge in [-0.1, -0.05) is 0 Å². The summed E-state index contributed by atoms with van der Waals surface area (Å²) in [5, 5.41) is 2.72. The lowest BCUT2D eigenvalue weighted by atomic mass is 10.2. The monoisotopic (exact) mass is 258 g/mol. The van der Waals surface area contributed by atoms with E-state index in [4.69, 9.17) is 4.74 Å². The standard InChI is InChI=1S/C14H14N2O3/c1-16-9-11(5-8-13(16)17)15-14(18)10-3-6-12(19-2)7-4-10/h3-9H,1-2H3,(H,15,18). The molecule has 0 aliphatic carbocycles. The molecule has 1 aromatic heterocycles. The van der Waals surface area contributed by atoms with Gasteiger partial charge in [0.1, 0.15) is 5.75 Å². The number of hydrogen-bond acceptors (Lipinski definition) is 3. The highest BCUT2D eigenvalue weighted by molar-refractivity contribution is 6.04. The fourth-order valence-electron chi connectivity index (χ4n) is 1.61. The van der Waals surface area contributed by atoms with Crippen LogP contribution in [0, 0.1) is 0 Å². The number of carbonyl (C=O) groups is 1. The van der Waals surface area contributed by atoms with Crippen LogP contribution in [0.15, 0.2) is 47.4 Å². The lowest BCUT2D eigenvalue weighted by Gasteiger charge is -2.07. The number of carbonyl (C=O) groups excluding carboxylic acids is 1. The van der Waals surface area contributed by atoms with Crippen LogP contribution in [0.3, 0.4) is 0 Å². The van der Waals surface area contributed by atoms with Gasteiger partial charge < -0.3 is 14.6 Å². The topological polar surface area (TPSA) is 60.3 Å². The molecule has 19 heavy (non-hydrogen) atoms. The smallest absolute Gasteiger partial charge is 0.255 e. The second kappa shape index (κ2) is 5.39. The number of rotatable bonds is 3. The predicted octanol–water partition coefficient (Wildman–Crippen LogP) is 1.65. The lowest BCUT2D eigenvalue weighted by Crippen LogP contribution is -2.17. The van der Waals surface area contributed by atoms with Crippen molar-refractivity contribution < 1.29 is 9.53 Å². The third-order valence-electron chi connectivity index (χ3n) is 2.70. The summed E-state index contributed by atoms with van der Waals surface area (Å²) in [5.41, 5.74) is 0.972. The zero-order chi connectivity index (χ0) is 13.8. The highest BCUT2D eigenvalue weighted by Gasteiger charge is 2.06. The van der Waals surface area contributed by atoms with Gasteiger partial charge in [0.15, 0.2) is 0 Å². The predicted molar refractivity (Wildman–Crippen MR) is 72.6 cm³/mol. The average molecular weight is 258 g/mol. The first-order valence-electron chi connectivity index (χ1n) is 5.72. The van der Waals surface area contributed by atoms with Crippen LogP contribution < -0.4 is 15.6 Å². The maximum Gasteiger partial charge on any atom is 0.255 e. The molecule has 0 saturated heterocycles. The Hall–Kier alpha value is -2.56. The van der Waals surface area contributed by atoms with E-state index in [2.05, 4.69) is 5.32 Å². The van der Waals surface area contributed by atoms with E-state index in [1.54, 1.807) is 50.7 Å². The SMILES string of the molecule is COc1ccc(C(=O)Nc2ccc(=O)n(C)c2)cc1. The Balaban J connectivity index is 2.15. The average Bonchev–Trinajstić information content (AvgIpc) is 2.43. The van der Waals surface area contributed by atoms with Crippen molar-refractivity contribution in [3.63, 3.8) is 0 Å². The number of ether oxygens (including phenoxy) is 1. The maximum atomic E-state index is 12.0. The summed E-state index contributed by atoms with van der Waals surface area (Å²) < 4.78 is 6.43. The van der Waals surface area contributed by atoms with E-state index in [0.29, 0.717) is 17.0 Å². The van der Waals surface area contributed by atoms with Gasteiger partial charge in [0.2, 0.25) is 5.56 Å². The number of amides is 1. The molecule has 2 aromatic rings. The summed E-state index contributed by atoms with van der Waals surface area (Å²) in [5.74, 6) is 0.458. The summed E-state index contributed by atoms with van der Waals surface area (Å²) in [6, 6.07) is 9.77. The van der Waals surface area contributed by atoms with Crippen LogP contribution in [0.5, 0.6) is 5.75 Å². The van der Waals surface area contributed by atoms with Crippen LogP contribution >= 0.6 is 0 Å². The summed E-state index contributed by atoms with van der Waals surface area (Å²) in [4.78, 5) is 23.2. The molecule has 0 bridgehead atoms. The molecule has 0 saturated carbocycles. The summed E-state index contributed by atoms with van der Waals surface area (Å²) >= 11 is 0. The van der Waals surface area contributed by atoms with Crippen molar-refractivity contribution >= 4 is 11.6 Å². The molecule has 5 nitrogen and oxygen atoms in total. The fraction of sp³-hybridized carbons (Fsp3) is 0.143. The number of nitrogens with zero attached hydrogens (tertiary/aromatic N) is 1. The molecule has 1 amide bonds. The molecule has 98 valence electrons. The minimum Gasteiger partial charge on any atom is -0.497 e. The van der Waals surface area contributed by atoms with Crippen molar-refractivity contribution in [3.8, 4) is 5.75 Å². The van der Waals surface area contributed by atoms with Crippen LogP contribution in [0.2, 0.25) is 0 Å². The van der Waals surface area contributed by atoms with Gasteiger partial charge in [0, 0.05) is 24.9 Å². The Bertz CT molecular complexity index is 644.